The highest BCUT2D eigenvalue weighted by molar-refractivity contribution is 5.74. The summed E-state index contributed by atoms with van der Waals surface area (Å²) in [5.74, 6) is 0.575. The molecule has 5 heteroatoms. The number of aromatic nitrogens is 2. The summed E-state index contributed by atoms with van der Waals surface area (Å²) in [6, 6.07) is 8.71. The molecular formula is C20H26N4O. The van der Waals surface area contributed by atoms with E-state index < -0.39 is 0 Å². The Morgan fingerprint density at radius 2 is 2.20 bits per heavy atom. The second-order valence-electron chi connectivity index (χ2n) is 7.41. The van der Waals surface area contributed by atoms with Gasteiger partial charge in [0.15, 0.2) is 0 Å². The molecule has 1 fully saturated rings. The summed E-state index contributed by atoms with van der Waals surface area (Å²) < 4.78 is 1.80. The van der Waals surface area contributed by atoms with E-state index in [0.29, 0.717) is 17.9 Å². The maximum absolute atomic E-state index is 12.2. The smallest absolute Gasteiger partial charge is 0.315 e. The summed E-state index contributed by atoms with van der Waals surface area (Å²) >= 11 is 0. The van der Waals surface area contributed by atoms with Crippen molar-refractivity contribution in [3.63, 3.8) is 0 Å². The Bertz CT molecular complexity index is 797. The summed E-state index contributed by atoms with van der Waals surface area (Å²) in [6.45, 7) is 3.37. The van der Waals surface area contributed by atoms with E-state index >= 15 is 0 Å². The number of rotatable bonds is 5. The molecule has 1 heterocycles. The number of carbonyl (C=O) groups excluding carboxylic acids is 1. The van der Waals surface area contributed by atoms with E-state index in [1.807, 2.05) is 13.2 Å². The number of hydrogen-bond donors (Lipinski definition) is 2. The zero-order chi connectivity index (χ0) is 17.4. The fraction of sp³-hybridized carbons (Fsp3) is 0.500. The molecule has 0 radical (unpaired) electrons. The third-order valence-corrected chi connectivity index (χ3v) is 5.90. The fourth-order valence-electron chi connectivity index (χ4n) is 4.48. The maximum atomic E-state index is 12.2. The predicted octanol–water partition coefficient (Wildman–Crippen LogP) is 2.69. The second-order valence-corrected chi connectivity index (χ2v) is 7.41. The van der Waals surface area contributed by atoms with E-state index in [2.05, 4.69) is 46.9 Å². The van der Waals surface area contributed by atoms with E-state index in [-0.39, 0.29) is 6.03 Å². The van der Waals surface area contributed by atoms with Gasteiger partial charge in [-0.2, -0.15) is 5.10 Å². The lowest BCUT2D eigenvalue weighted by molar-refractivity contribution is 0.239. The zero-order valence-electron chi connectivity index (χ0n) is 15.0. The quantitative estimate of drug-likeness (QED) is 0.880. The highest BCUT2D eigenvalue weighted by Crippen LogP contribution is 2.61. The number of carbonyl (C=O) groups is 1. The molecule has 25 heavy (non-hydrogen) atoms. The number of fused-ring (bicyclic) bond motifs is 2. The van der Waals surface area contributed by atoms with Crippen molar-refractivity contribution < 1.29 is 4.79 Å². The standard InChI is InChI=1S/C20H26N4O/c1-3-18-15(13-24(2)23-18)11-21-19(25)22-12-16-10-20(16)9-8-14-6-4-5-7-17(14)20/h4-7,13,16H,3,8-12H2,1-2H3,(H2,21,22,25)/t16-,20-/m1/s1. The number of nitrogens with zero attached hydrogens (tertiary/aromatic N) is 2. The lowest BCUT2D eigenvalue weighted by atomic mass is 9.95. The van der Waals surface area contributed by atoms with Crippen LogP contribution >= 0.6 is 0 Å². The molecule has 2 amide bonds. The Hall–Kier alpha value is -2.30. The molecule has 2 aliphatic rings. The molecule has 1 saturated carbocycles. The summed E-state index contributed by atoms with van der Waals surface area (Å²) in [5.41, 5.74) is 5.49. The molecule has 4 rings (SSSR count). The van der Waals surface area contributed by atoms with Crippen LogP contribution in [0.5, 0.6) is 0 Å². The molecule has 1 aromatic heterocycles. The summed E-state index contributed by atoms with van der Waals surface area (Å²) in [4.78, 5) is 12.2. The first kappa shape index (κ1) is 16.2. The number of aryl methyl sites for hydroxylation is 3. The molecule has 5 nitrogen and oxygen atoms in total. The first-order valence-electron chi connectivity index (χ1n) is 9.24. The third-order valence-electron chi connectivity index (χ3n) is 5.90. The van der Waals surface area contributed by atoms with Gasteiger partial charge in [0.25, 0.3) is 0 Å². The van der Waals surface area contributed by atoms with Crippen molar-refractivity contribution in [2.45, 2.75) is 44.6 Å². The average Bonchev–Trinajstić information content (AvgIpc) is 3.01. The van der Waals surface area contributed by atoms with Crippen molar-refractivity contribution in [1.82, 2.24) is 20.4 Å². The van der Waals surface area contributed by atoms with Crippen molar-refractivity contribution in [2.24, 2.45) is 13.0 Å². The molecule has 1 spiro atoms. The number of benzene rings is 1. The molecule has 2 aromatic rings. The Kier molecular flexibility index (Phi) is 4.02. The molecule has 2 N–H and O–H groups in total. The molecular weight excluding hydrogens is 312 g/mol. The molecule has 0 saturated heterocycles. The molecule has 132 valence electrons. The van der Waals surface area contributed by atoms with Crippen molar-refractivity contribution in [2.75, 3.05) is 6.54 Å². The Labute approximate surface area is 148 Å². The maximum Gasteiger partial charge on any atom is 0.315 e. The fourth-order valence-corrected chi connectivity index (χ4v) is 4.48. The lowest BCUT2D eigenvalue weighted by Gasteiger charge is -2.12. The minimum Gasteiger partial charge on any atom is -0.338 e. The lowest BCUT2D eigenvalue weighted by Crippen LogP contribution is -2.37. The molecule has 0 bridgehead atoms. The van der Waals surface area contributed by atoms with Crippen LogP contribution in [-0.4, -0.2) is 22.4 Å². The first-order chi connectivity index (χ1) is 12.1. The van der Waals surface area contributed by atoms with Gasteiger partial charge in [0, 0.05) is 37.3 Å². The third kappa shape index (κ3) is 2.92. The van der Waals surface area contributed by atoms with E-state index in [1.54, 1.807) is 4.68 Å². The van der Waals surface area contributed by atoms with E-state index in [1.165, 1.54) is 30.4 Å². The second kappa shape index (κ2) is 6.21. The Morgan fingerprint density at radius 1 is 1.36 bits per heavy atom. The van der Waals surface area contributed by atoms with Gasteiger partial charge in [-0.3, -0.25) is 4.68 Å². The topological polar surface area (TPSA) is 59.0 Å². The summed E-state index contributed by atoms with van der Waals surface area (Å²) in [7, 11) is 1.91. The number of nitrogens with one attached hydrogen (secondary N) is 2. The van der Waals surface area contributed by atoms with Crippen LogP contribution in [0.2, 0.25) is 0 Å². The van der Waals surface area contributed by atoms with Crippen molar-refractivity contribution >= 4 is 6.03 Å². The molecule has 0 aliphatic heterocycles. The van der Waals surface area contributed by atoms with Crippen molar-refractivity contribution in [1.29, 1.82) is 0 Å². The van der Waals surface area contributed by atoms with E-state index in [0.717, 1.165) is 24.2 Å². The average molecular weight is 338 g/mol. The zero-order valence-corrected chi connectivity index (χ0v) is 15.0. The first-order valence-corrected chi connectivity index (χ1v) is 9.24. The highest BCUT2D eigenvalue weighted by Gasteiger charge is 2.57. The van der Waals surface area contributed by atoms with Gasteiger partial charge in [-0.15, -0.1) is 0 Å². The Balaban J connectivity index is 1.28. The van der Waals surface area contributed by atoms with E-state index in [9.17, 15) is 4.79 Å². The molecule has 1 aromatic carbocycles. The van der Waals surface area contributed by atoms with Gasteiger partial charge in [-0.25, -0.2) is 4.79 Å². The molecule has 0 unspecified atom stereocenters. The van der Waals surface area contributed by atoms with Crippen LogP contribution in [0.15, 0.2) is 30.5 Å². The van der Waals surface area contributed by atoms with Gasteiger partial charge in [0.05, 0.1) is 5.69 Å². The summed E-state index contributed by atoms with van der Waals surface area (Å²) in [5, 5.41) is 10.4. The number of urea groups is 1. The largest absolute Gasteiger partial charge is 0.338 e. The van der Waals surface area contributed by atoms with Crippen molar-refractivity contribution in [3.8, 4) is 0 Å². The van der Waals surface area contributed by atoms with Crippen LogP contribution < -0.4 is 10.6 Å². The summed E-state index contributed by atoms with van der Waals surface area (Å²) in [6.07, 6.45) is 6.47. The van der Waals surface area contributed by atoms with Crippen LogP contribution in [0.25, 0.3) is 0 Å². The molecule has 2 atom stereocenters. The van der Waals surface area contributed by atoms with Crippen LogP contribution in [-0.2, 0) is 31.8 Å². The van der Waals surface area contributed by atoms with Gasteiger partial charge < -0.3 is 10.6 Å². The van der Waals surface area contributed by atoms with Gasteiger partial charge in [0.2, 0.25) is 0 Å². The van der Waals surface area contributed by atoms with Gasteiger partial charge >= 0.3 is 6.03 Å². The normalized spacial score (nSPS) is 23.5. The van der Waals surface area contributed by atoms with Crippen LogP contribution in [0.3, 0.4) is 0 Å². The Morgan fingerprint density at radius 3 is 3.04 bits per heavy atom. The van der Waals surface area contributed by atoms with Crippen LogP contribution in [0.1, 0.15) is 42.1 Å². The highest BCUT2D eigenvalue weighted by atomic mass is 16.2. The van der Waals surface area contributed by atoms with Gasteiger partial charge in [-0.1, -0.05) is 31.2 Å². The predicted molar refractivity (Wildman–Crippen MR) is 97.4 cm³/mol. The minimum absolute atomic E-state index is 0.0840. The van der Waals surface area contributed by atoms with Crippen molar-refractivity contribution in [3.05, 3.63) is 52.8 Å². The molecule has 2 aliphatic carbocycles. The SMILES string of the molecule is CCc1nn(C)cc1CNC(=O)NC[C@H]1C[C@]12CCc1ccccc12. The van der Waals surface area contributed by atoms with Gasteiger partial charge in [-0.05, 0) is 42.7 Å². The van der Waals surface area contributed by atoms with Crippen LogP contribution in [0.4, 0.5) is 4.79 Å². The van der Waals surface area contributed by atoms with E-state index in [4.69, 9.17) is 0 Å². The minimum atomic E-state index is -0.0840. The van der Waals surface area contributed by atoms with Gasteiger partial charge in [0.1, 0.15) is 0 Å². The number of hydrogen-bond acceptors (Lipinski definition) is 2. The number of amides is 2. The monoisotopic (exact) mass is 338 g/mol. The van der Waals surface area contributed by atoms with Crippen LogP contribution in [0, 0.1) is 5.92 Å².